The standard InChI is InChI=1S/C34H26O4.C14H11ClO.C6H6O2.2CH4.B/c35-31(25-13-5-1-6-14-25)33(27-17-9-3-10-18-27)37-29-21-23-30(24-22-29)38-34(28-19-11-4-12-20-28)32(36)26-15-7-2-8-16-26;15-13(11-7-3-1-4-8-11)14(16)12-9-5-2-6-10-12;7-5-1-2-6(8)4-3-5;;;/h1-24,33-34H;1-10,13H;1-4,7-8H;2*1H4;. The summed E-state index contributed by atoms with van der Waals surface area (Å²) in [5.74, 6) is 1.05. The van der Waals surface area contributed by atoms with Crippen molar-refractivity contribution in [1.29, 1.82) is 0 Å². The van der Waals surface area contributed by atoms with Crippen LogP contribution in [0.2, 0.25) is 0 Å². The molecule has 0 aliphatic heterocycles. The van der Waals surface area contributed by atoms with Crippen LogP contribution >= 0.6 is 11.6 Å². The molecular formula is C56H51BClO7. The van der Waals surface area contributed by atoms with E-state index in [9.17, 15) is 14.4 Å². The molecule has 327 valence electrons. The third-order valence-electron chi connectivity index (χ3n) is 9.36. The Balaban J connectivity index is 0.000000342. The number of aromatic hydroxyl groups is 2. The van der Waals surface area contributed by atoms with Crippen molar-refractivity contribution < 1.29 is 34.1 Å². The first-order valence-electron chi connectivity index (χ1n) is 19.7. The average molecular weight is 882 g/mol. The summed E-state index contributed by atoms with van der Waals surface area (Å²) in [5.41, 5.74) is 4.15. The van der Waals surface area contributed by atoms with Crippen molar-refractivity contribution in [1.82, 2.24) is 0 Å². The van der Waals surface area contributed by atoms with Gasteiger partial charge in [0.05, 0.1) is 0 Å². The van der Waals surface area contributed by atoms with E-state index in [0.717, 1.165) is 16.7 Å². The molecule has 0 heterocycles. The number of carbonyl (C=O) groups excluding carboxylic acids is 3. The number of phenols is 2. The molecule has 0 aliphatic rings. The van der Waals surface area contributed by atoms with Gasteiger partial charge in [-0.05, 0) is 54.1 Å². The molecule has 0 amide bonds. The SMILES string of the molecule is C.C.O=C(c1ccccc1)C(Cl)c1ccccc1.O=C(c1ccccc1)C(Oc1ccc(OC(C(=O)c2ccccc2)c2ccccc2)cc1)c1ccccc1.Oc1ccc(O)cc1.[B]. The Kier molecular flexibility index (Phi) is 21.2. The minimum Gasteiger partial charge on any atom is -0.508 e. The monoisotopic (exact) mass is 881 g/mol. The zero-order chi connectivity index (χ0) is 43.5. The summed E-state index contributed by atoms with van der Waals surface area (Å²) >= 11 is 6.14. The van der Waals surface area contributed by atoms with Gasteiger partial charge in [0, 0.05) is 36.2 Å². The van der Waals surface area contributed by atoms with Gasteiger partial charge < -0.3 is 19.7 Å². The third-order valence-corrected chi connectivity index (χ3v) is 9.81. The largest absolute Gasteiger partial charge is 0.508 e. The number of Topliss-reactive ketones (excluding diaryl/α,β-unsaturated/α-hetero) is 3. The Morgan fingerprint density at radius 2 is 0.600 bits per heavy atom. The summed E-state index contributed by atoms with van der Waals surface area (Å²) in [6.45, 7) is 0. The Hall–Kier alpha value is -7.68. The fourth-order valence-electron chi connectivity index (χ4n) is 6.15. The molecule has 0 saturated heterocycles. The lowest BCUT2D eigenvalue weighted by atomic mass is 9.99. The minimum atomic E-state index is -0.804. The first-order valence-corrected chi connectivity index (χ1v) is 20.2. The molecule has 0 aliphatic carbocycles. The second-order valence-electron chi connectivity index (χ2n) is 13.8. The predicted octanol–water partition coefficient (Wildman–Crippen LogP) is 13.5. The van der Waals surface area contributed by atoms with Gasteiger partial charge in [0.25, 0.3) is 0 Å². The van der Waals surface area contributed by atoms with Crippen molar-refractivity contribution >= 4 is 37.4 Å². The van der Waals surface area contributed by atoms with E-state index in [1.54, 1.807) is 60.7 Å². The van der Waals surface area contributed by atoms with Crippen LogP contribution in [0.3, 0.4) is 0 Å². The molecule has 0 fully saturated rings. The molecule has 0 spiro atoms. The Morgan fingerprint density at radius 1 is 0.354 bits per heavy atom. The van der Waals surface area contributed by atoms with Crippen molar-refractivity contribution in [3.05, 3.63) is 264 Å². The van der Waals surface area contributed by atoms with Gasteiger partial charge in [0.15, 0.2) is 18.0 Å². The van der Waals surface area contributed by atoms with E-state index >= 15 is 0 Å². The van der Waals surface area contributed by atoms with Gasteiger partial charge in [0.2, 0.25) is 11.6 Å². The van der Waals surface area contributed by atoms with Gasteiger partial charge in [-0.15, -0.1) is 11.6 Å². The highest BCUT2D eigenvalue weighted by atomic mass is 35.5. The van der Waals surface area contributed by atoms with Gasteiger partial charge in [-0.3, -0.25) is 14.4 Å². The predicted molar refractivity (Wildman–Crippen MR) is 262 cm³/mol. The van der Waals surface area contributed by atoms with E-state index < -0.39 is 17.6 Å². The Bertz CT molecular complexity index is 2450. The lowest BCUT2D eigenvalue weighted by Crippen LogP contribution is -2.20. The highest BCUT2D eigenvalue weighted by Gasteiger charge is 2.26. The number of alkyl halides is 1. The molecule has 2 N–H and O–H groups in total. The fourth-order valence-corrected chi connectivity index (χ4v) is 6.42. The molecule has 8 aromatic rings. The zero-order valence-corrected chi connectivity index (χ0v) is 34.8. The summed E-state index contributed by atoms with van der Waals surface area (Å²) in [5, 5.41) is 16.7. The van der Waals surface area contributed by atoms with Crippen LogP contribution in [0.4, 0.5) is 0 Å². The topological polar surface area (TPSA) is 110 Å². The van der Waals surface area contributed by atoms with Crippen LogP contribution in [-0.4, -0.2) is 36.0 Å². The fraction of sp³-hybridized carbons (Fsp3) is 0.0893. The van der Waals surface area contributed by atoms with Gasteiger partial charge >= 0.3 is 0 Å². The molecule has 7 nitrogen and oxygen atoms in total. The summed E-state index contributed by atoms with van der Waals surface area (Å²) in [7, 11) is 0. The number of hydrogen-bond donors (Lipinski definition) is 2. The van der Waals surface area contributed by atoms with E-state index in [1.807, 2.05) is 146 Å². The summed E-state index contributed by atoms with van der Waals surface area (Å²) in [6.07, 6.45) is -1.61. The molecule has 3 atom stereocenters. The van der Waals surface area contributed by atoms with Crippen molar-refractivity contribution in [2.24, 2.45) is 0 Å². The van der Waals surface area contributed by atoms with Crippen LogP contribution in [0.5, 0.6) is 23.0 Å². The number of phenolic OH excluding ortho intramolecular Hbond substituents is 2. The highest BCUT2D eigenvalue weighted by Crippen LogP contribution is 2.31. The lowest BCUT2D eigenvalue weighted by molar-refractivity contribution is 0.0781. The average Bonchev–Trinajstić information content (AvgIpc) is 3.35. The number of ether oxygens (including phenoxy) is 2. The molecular weight excluding hydrogens is 831 g/mol. The van der Waals surface area contributed by atoms with Crippen LogP contribution in [0, 0.1) is 0 Å². The summed E-state index contributed by atoms with van der Waals surface area (Å²) < 4.78 is 12.4. The molecule has 3 unspecified atom stereocenters. The van der Waals surface area contributed by atoms with Gasteiger partial charge in [0.1, 0.15) is 28.4 Å². The van der Waals surface area contributed by atoms with E-state index in [4.69, 9.17) is 31.3 Å². The van der Waals surface area contributed by atoms with E-state index in [0.29, 0.717) is 28.2 Å². The molecule has 0 bridgehead atoms. The Labute approximate surface area is 389 Å². The minimum absolute atomic E-state index is 0. The van der Waals surface area contributed by atoms with Crippen molar-refractivity contribution in [2.45, 2.75) is 32.4 Å². The highest BCUT2D eigenvalue weighted by molar-refractivity contribution is 6.33. The van der Waals surface area contributed by atoms with Crippen molar-refractivity contribution in [3.63, 3.8) is 0 Å². The molecule has 0 saturated carbocycles. The van der Waals surface area contributed by atoms with Crippen LogP contribution in [0.15, 0.2) is 231 Å². The van der Waals surface area contributed by atoms with Gasteiger partial charge in [-0.25, -0.2) is 0 Å². The molecule has 3 radical (unpaired) electrons. The van der Waals surface area contributed by atoms with Crippen LogP contribution < -0.4 is 9.47 Å². The zero-order valence-electron chi connectivity index (χ0n) is 34.1. The second kappa shape index (κ2) is 26.7. The molecule has 9 heteroatoms. The van der Waals surface area contributed by atoms with Gasteiger partial charge in [-0.2, -0.15) is 0 Å². The number of carbonyl (C=O) groups is 3. The quantitative estimate of drug-likeness (QED) is 0.0513. The number of ketones is 3. The van der Waals surface area contributed by atoms with Crippen LogP contribution in [0.1, 0.15) is 80.2 Å². The second-order valence-corrected chi connectivity index (χ2v) is 14.2. The molecule has 0 aromatic heterocycles. The maximum Gasteiger partial charge on any atom is 0.207 e. The first kappa shape index (κ1) is 51.7. The van der Waals surface area contributed by atoms with E-state index in [-0.39, 0.29) is 52.1 Å². The molecule has 8 rings (SSSR count). The number of hydrogen-bond acceptors (Lipinski definition) is 7. The Morgan fingerprint density at radius 3 is 0.892 bits per heavy atom. The normalized spacial score (nSPS) is 11.2. The van der Waals surface area contributed by atoms with Gasteiger partial charge in [-0.1, -0.05) is 197 Å². The summed E-state index contributed by atoms with van der Waals surface area (Å²) in [6, 6.07) is 68.3. The maximum absolute atomic E-state index is 13.3. The van der Waals surface area contributed by atoms with Crippen molar-refractivity contribution in [3.8, 4) is 23.0 Å². The number of halogens is 1. The number of rotatable bonds is 13. The van der Waals surface area contributed by atoms with Crippen LogP contribution in [0.25, 0.3) is 0 Å². The smallest absolute Gasteiger partial charge is 0.207 e. The maximum atomic E-state index is 13.3. The molecule has 65 heavy (non-hydrogen) atoms. The molecule has 8 aromatic carbocycles. The first-order chi connectivity index (χ1) is 30.3. The van der Waals surface area contributed by atoms with E-state index in [2.05, 4.69) is 0 Å². The van der Waals surface area contributed by atoms with Crippen molar-refractivity contribution in [2.75, 3.05) is 0 Å². The number of benzene rings is 8. The third kappa shape index (κ3) is 15.3. The summed E-state index contributed by atoms with van der Waals surface area (Å²) in [4.78, 5) is 38.7. The van der Waals surface area contributed by atoms with Crippen LogP contribution in [-0.2, 0) is 0 Å². The van der Waals surface area contributed by atoms with E-state index in [1.165, 1.54) is 24.3 Å². The lowest BCUT2D eigenvalue weighted by Gasteiger charge is -2.20.